The quantitative estimate of drug-likeness (QED) is 0.741. The van der Waals surface area contributed by atoms with Gasteiger partial charge in [-0.3, -0.25) is 10.3 Å². The van der Waals surface area contributed by atoms with Gasteiger partial charge in [-0.25, -0.2) is 9.18 Å². The first-order valence-corrected chi connectivity index (χ1v) is 8.15. The summed E-state index contributed by atoms with van der Waals surface area (Å²) in [5, 5.41) is 21.5. The highest BCUT2D eigenvalue weighted by Gasteiger charge is 2.48. The Hall–Kier alpha value is -1.60. The van der Waals surface area contributed by atoms with Gasteiger partial charge in [0.1, 0.15) is 5.82 Å². The van der Waals surface area contributed by atoms with Crippen molar-refractivity contribution in [2.24, 2.45) is 10.9 Å². The fraction of sp³-hybridized carbons (Fsp3) is 0.467. The average molecular weight is 324 g/mol. The minimum Gasteiger partial charge on any atom is -0.465 e. The molecule has 0 unspecified atom stereocenters. The monoisotopic (exact) mass is 324 g/mol. The molecule has 7 heteroatoms. The second-order valence-corrected chi connectivity index (χ2v) is 6.70. The van der Waals surface area contributed by atoms with Crippen LogP contribution in [0, 0.1) is 11.7 Å². The van der Waals surface area contributed by atoms with Crippen LogP contribution in [0.3, 0.4) is 0 Å². The van der Waals surface area contributed by atoms with Gasteiger partial charge in [-0.05, 0) is 24.8 Å². The van der Waals surface area contributed by atoms with E-state index in [1.807, 2.05) is 0 Å². The summed E-state index contributed by atoms with van der Waals surface area (Å²) < 4.78 is 14.4. The van der Waals surface area contributed by atoms with Crippen LogP contribution in [-0.4, -0.2) is 33.3 Å². The largest absolute Gasteiger partial charge is 0.465 e. The minimum atomic E-state index is -1.19. The van der Waals surface area contributed by atoms with Gasteiger partial charge < -0.3 is 10.2 Å². The maximum atomic E-state index is 14.4. The molecule has 22 heavy (non-hydrogen) atoms. The summed E-state index contributed by atoms with van der Waals surface area (Å²) in [4.78, 5) is 15.4. The molecule has 0 radical (unpaired) electrons. The van der Waals surface area contributed by atoms with E-state index in [1.165, 1.54) is 17.8 Å². The van der Waals surface area contributed by atoms with Crippen molar-refractivity contribution in [3.8, 4) is 0 Å². The van der Waals surface area contributed by atoms with Gasteiger partial charge in [0, 0.05) is 17.7 Å². The number of rotatable bonds is 1. The van der Waals surface area contributed by atoms with Crippen LogP contribution < -0.4 is 5.32 Å². The van der Waals surface area contributed by atoms with Crippen LogP contribution in [0.4, 0.5) is 9.18 Å². The third-order valence-electron chi connectivity index (χ3n) is 4.35. The third kappa shape index (κ3) is 2.70. The molecule has 0 spiro atoms. The number of thioether (sulfide) groups is 1. The van der Waals surface area contributed by atoms with Gasteiger partial charge in [-0.1, -0.05) is 30.0 Å². The molecular formula is C15H17FN2O3S. The number of aliphatic hydroxyl groups is 1. The first kappa shape index (κ1) is 15.3. The number of benzene rings is 1. The summed E-state index contributed by atoms with van der Waals surface area (Å²) in [5.74, 6) is 0.365. The lowest BCUT2D eigenvalue weighted by molar-refractivity contribution is 0.0559. The first-order valence-electron chi connectivity index (χ1n) is 7.17. The average Bonchev–Trinajstić information content (AvgIpc) is 2.46. The molecule has 3 N–H and O–H groups in total. The van der Waals surface area contributed by atoms with Crippen molar-refractivity contribution >= 4 is 23.0 Å². The van der Waals surface area contributed by atoms with E-state index in [0.29, 0.717) is 24.2 Å². The normalized spacial score (nSPS) is 31.1. The molecule has 3 rings (SSSR count). The maximum absolute atomic E-state index is 14.4. The molecule has 0 bridgehead atoms. The summed E-state index contributed by atoms with van der Waals surface area (Å²) >= 11 is 1.33. The van der Waals surface area contributed by atoms with Gasteiger partial charge in [0.05, 0.1) is 11.6 Å². The number of hydrogen-bond donors (Lipinski definition) is 3. The summed E-state index contributed by atoms with van der Waals surface area (Å²) in [6, 6.07) is 6.41. The standard InChI is InChI=1S/C15H17FN2O3S/c16-12-4-2-1-3-11(12)15-7-10(19)6-5-9(15)8-22-13(18-15)17-14(20)21/h1-4,9-10,19H,5-8H2,(H,17,18)(H,20,21)/t9-,10+,15-/m0/s1. The molecule has 1 heterocycles. The SMILES string of the molecule is O=C(O)NC1=N[C@@]2(c3ccccc3F)C[C@H](O)CC[C@H]2CS1. The lowest BCUT2D eigenvalue weighted by Crippen LogP contribution is -2.47. The second kappa shape index (κ2) is 5.89. The molecule has 1 fully saturated rings. The number of hydrogen-bond acceptors (Lipinski definition) is 4. The highest BCUT2D eigenvalue weighted by Crippen LogP contribution is 2.49. The number of amides is 1. The Kier molecular flexibility index (Phi) is 4.10. The minimum absolute atomic E-state index is 0.0807. The molecule has 0 saturated heterocycles. The summed E-state index contributed by atoms with van der Waals surface area (Å²) in [7, 11) is 0. The fourth-order valence-corrected chi connectivity index (χ4v) is 4.56. The van der Waals surface area contributed by atoms with Crippen LogP contribution >= 0.6 is 11.8 Å². The molecule has 1 aliphatic heterocycles. The van der Waals surface area contributed by atoms with E-state index in [4.69, 9.17) is 5.11 Å². The highest BCUT2D eigenvalue weighted by molar-refractivity contribution is 8.13. The Labute approximate surface area is 131 Å². The molecule has 5 nitrogen and oxygen atoms in total. The summed E-state index contributed by atoms with van der Waals surface area (Å²) in [6.07, 6.45) is -0.0341. The van der Waals surface area contributed by atoms with Gasteiger partial charge >= 0.3 is 6.09 Å². The Morgan fingerprint density at radius 3 is 2.91 bits per heavy atom. The van der Waals surface area contributed by atoms with Crippen LogP contribution in [0.2, 0.25) is 0 Å². The van der Waals surface area contributed by atoms with Gasteiger partial charge in [0.15, 0.2) is 5.17 Å². The lowest BCUT2D eigenvalue weighted by Gasteiger charge is -2.46. The van der Waals surface area contributed by atoms with E-state index < -0.39 is 17.7 Å². The number of amidine groups is 1. The van der Waals surface area contributed by atoms with E-state index in [2.05, 4.69) is 10.3 Å². The van der Waals surface area contributed by atoms with E-state index in [9.17, 15) is 14.3 Å². The second-order valence-electron chi connectivity index (χ2n) is 5.69. The molecule has 118 valence electrons. The van der Waals surface area contributed by atoms with Crippen molar-refractivity contribution in [2.75, 3.05) is 5.75 Å². The van der Waals surface area contributed by atoms with E-state index in [-0.39, 0.29) is 16.9 Å². The van der Waals surface area contributed by atoms with Crippen molar-refractivity contribution < 1.29 is 19.4 Å². The number of nitrogens with one attached hydrogen (secondary N) is 1. The zero-order chi connectivity index (χ0) is 15.7. The molecule has 1 amide bonds. The zero-order valence-electron chi connectivity index (χ0n) is 11.8. The van der Waals surface area contributed by atoms with E-state index in [1.54, 1.807) is 18.2 Å². The predicted octanol–water partition coefficient (Wildman–Crippen LogP) is 2.55. The smallest absolute Gasteiger partial charge is 0.410 e. The van der Waals surface area contributed by atoms with Gasteiger partial charge in [0.25, 0.3) is 0 Å². The van der Waals surface area contributed by atoms with Crippen LogP contribution in [0.1, 0.15) is 24.8 Å². The molecule has 1 aromatic rings. The number of fused-ring (bicyclic) bond motifs is 1. The lowest BCUT2D eigenvalue weighted by atomic mass is 9.68. The first-order chi connectivity index (χ1) is 10.5. The van der Waals surface area contributed by atoms with Crippen molar-refractivity contribution in [2.45, 2.75) is 30.9 Å². The summed E-state index contributed by atoms with van der Waals surface area (Å²) in [5.41, 5.74) is -0.463. The maximum Gasteiger partial charge on any atom is 0.410 e. The molecule has 2 aliphatic rings. The number of carboxylic acid groups (broad SMARTS) is 1. The van der Waals surface area contributed by atoms with Gasteiger partial charge in [-0.2, -0.15) is 0 Å². The zero-order valence-corrected chi connectivity index (χ0v) is 12.6. The van der Waals surface area contributed by atoms with Crippen LogP contribution in [-0.2, 0) is 5.54 Å². The van der Waals surface area contributed by atoms with Gasteiger partial charge in [-0.15, -0.1) is 0 Å². The van der Waals surface area contributed by atoms with E-state index >= 15 is 0 Å². The molecule has 3 atom stereocenters. The number of aliphatic imine (C=N–C) groups is 1. The topological polar surface area (TPSA) is 81.9 Å². The van der Waals surface area contributed by atoms with Crippen LogP contribution in [0.25, 0.3) is 0 Å². The van der Waals surface area contributed by atoms with Crippen LogP contribution in [0.5, 0.6) is 0 Å². The Balaban J connectivity index is 2.10. The predicted molar refractivity (Wildman–Crippen MR) is 82.5 cm³/mol. The third-order valence-corrected chi connectivity index (χ3v) is 5.38. The Morgan fingerprint density at radius 2 is 2.18 bits per heavy atom. The fourth-order valence-electron chi connectivity index (χ4n) is 3.37. The van der Waals surface area contributed by atoms with E-state index in [0.717, 1.165) is 6.42 Å². The molecule has 1 aliphatic carbocycles. The summed E-state index contributed by atoms with van der Waals surface area (Å²) in [6.45, 7) is 0. The van der Waals surface area contributed by atoms with Gasteiger partial charge in [0.2, 0.25) is 0 Å². The van der Waals surface area contributed by atoms with Crippen molar-refractivity contribution in [1.29, 1.82) is 0 Å². The Morgan fingerprint density at radius 1 is 1.41 bits per heavy atom. The van der Waals surface area contributed by atoms with Crippen molar-refractivity contribution in [3.05, 3.63) is 35.6 Å². The number of halogens is 1. The molecule has 0 aromatic heterocycles. The molecular weight excluding hydrogens is 307 g/mol. The molecule has 1 saturated carbocycles. The van der Waals surface area contributed by atoms with Crippen molar-refractivity contribution in [1.82, 2.24) is 5.32 Å². The van der Waals surface area contributed by atoms with Crippen LogP contribution in [0.15, 0.2) is 29.3 Å². The highest BCUT2D eigenvalue weighted by atomic mass is 32.2. The Bertz CT molecular complexity index is 625. The van der Waals surface area contributed by atoms with Crippen molar-refractivity contribution in [3.63, 3.8) is 0 Å². The number of carbonyl (C=O) groups is 1. The number of aliphatic hydroxyl groups excluding tert-OH is 1. The molecule has 1 aromatic carbocycles. The number of nitrogens with zero attached hydrogens (tertiary/aromatic N) is 1.